The highest BCUT2D eigenvalue weighted by molar-refractivity contribution is 5.92. The number of ether oxygens (including phenoxy) is 4. The normalized spacial score (nSPS) is 12.0. The summed E-state index contributed by atoms with van der Waals surface area (Å²) in [6.45, 7) is 5.01. The highest BCUT2D eigenvalue weighted by Crippen LogP contribution is 2.29. The molecule has 10 heteroatoms. The summed E-state index contributed by atoms with van der Waals surface area (Å²) in [6.07, 6.45) is 2.15. The minimum atomic E-state index is -4.83. The van der Waals surface area contributed by atoms with Crippen molar-refractivity contribution in [1.29, 1.82) is 0 Å². The van der Waals surface area contributed by atoms with Crippen LogP contribution in [-0.4, -0.2) is 44.0 Å². The summed E-state index contributed by atoms with van der Waals surface area (Å²) in [6, 6.07) is 17.1. The number of hydrogen-bond donors (Lipinski definition) is 0. The highest BCUT2D eigenvalue weighted by atomic mass is 19.4. The number of benzene rings is 3. The van der Waals surface area contributed by atoms with E-state index < -0.39 is 42.0 Å². The second-order valence-corrected chi connectivity index (χ2v) is 11.2. The standard InChI is InChI=1S/C37H44F4O6/c1-3-5-6-7-8-9-10-11-25-45-30-20-18-28(19-21-30)27-14-16-29(17-15-27)35(42)46-31-22-23-32(33(38)26-31)36(43)47-34(37(39,40)41)13-12-24-44-4-2/h14-23,26,34H,3-13,24-25H2,1-2H3. The second-order valence-electron chi connectivity index (χ2n) is 11.2. The number of unbranched alkanes of at least 4 members (excludes halogenated alkanes) is 7. The molecule has 47 heavy (non-hydrogen) atoms. The quantitative estimate of drug-likeness (QED) is 0.0520. The summed E-state index contributed by atoms with van der Waals surface area (Å²) < 4.78 is 75.4. The van der Waals surface area contributed by atoms with Crippen molar-refractivity contribution in [3.63, 3.8) is 0 Å². The number of carbonyl (C=O) groups excluding carboxylic acids is 2. The molecule has 3 rings (SSSR count). The Balaban J connectivity index is 1.49. The largest absolute Gasteiger partial charge is 0.494 e. The van der Waals surface area contributed by atoms with Crippen LogP contribution in [-0.2, 0) is 9.47 Å². The van der Waals surface area contributed by atoms with Crippen molar-refractivity contribution in [2.24, 2.45) is 0 Å². The van der Waals surface area contributed by atoms with Crippen LogP contribution in [0.1, 0.15) is 98.8 Å². The first-order valence-electron chi connectivity index (χ1n) is 16.3. The van der Waals surface area contributed by atoms with Crippen LogP contribution in [0.15, 0.2) is 66.7 Å². The molecule has 6 nitrogen and oxygen atoms in total. The molecule has 0 aromatic heterocycles. The van der Waals surface area contributed by atoms with Crippen LogP contribution in [0.3, 0.4) is 0 Å². The Bertz CT molecular complexity index is 1370. The summed E-state index contributed by atoms with van der Waals surface area (Å²) >= 11 is 0. The first-order chi connectivity index (χ1) is 22.6. The van der Waals surface area contributed by atoms with E-state index in [9.17, 15) is 27.2 Å². The fraction of sp³-hybridized carbons (Fsp3) is 0.459. The van der Waals surface area contributed by atoms with Crippen molar-refractivity contribution >= 4 is 11.9 Å². The van der Waals surface area contributed by atoms with Crippen molar-refractivity contribution in [1.82, 2.24) is 0 Å². The van der Waals surface area contributed by atoms with Crippen molar-refractivity contribution in [3.05, 3.63) is 83.7 Å². The summed E-state index contributed by atoms with van der Waals surface area (Å²) in [5.41, 5.74) is 1.27. The van der Waals surface area contributed by atoms with Gasteiger partial charge in [0.2, 0.25) is 0 Å². The predicted molar refractivity (Wildman–Crippen MR) is 172 cm³/mol. The number of carbonyl (C=O) groups is 2. The topological polar surface area (TPSA) is 71.1 Å². The monoisotopic (exact) mass is 660 g/mol. The third-order valence-electron chi connectivity index (χ3n) is 7.52. The third kappa shape index (κ3) is 13.0. The molecule has 0 aliphatic carbocycles. The first kappa shape index (κ1) is 37.5. The van der Waals surface area contributed by atoms with Crippen molar-refractivity contribution in [3.8, 4) is 22.6 Å². The Kier molecular flexibility index (Phi) is 15.7. The molecule has 0 radical (unpaired) electrons. The Morgan fingerprint density at radius 2 is 1.30 bits per heavy atom. The summed E-state index contributed by atoms with van der Waals surface area (Å²) in [4.78, 5) is 25.0. The van der Waals surface area contributed by atoms with E-state index in [0.29, 0.717) is 13.2 Å². The summed E-state index contributed by atoms with van der Waals surface area (Å²) in [5, 5.41) is 0. The zero-order valence-corrected chi connectivity index (χ0v) is 27.1. The van der Waals surface area contributed by atoms with E-state index in [1.54, 1.807) is 31.2 Å². The van der Waals surface area contributed by atoms with Crippen LogP contribution in [0.4, 0.5) is 17.6 Å². The molecule has 0 spiro atoms. The molecule has 3 aromatic rings. The average Bonchev–Trinajstić information content (AvgIpc) is 3.05. The molecule has 0 amide bonds. The molecule has 1 atom stereocenters. The predicted octanol–water partition coefficient (Wildman–Crippen LogP) is 10.1. The molecule has 0 aliphatic heterocycles. The lowest BCUT2D eigenvalue weighted by Crippen LogP contribution is -2.34. The minimum absolute atomic E-state index is 0.00429. The number of halogens is 4. The van der Waals surface area contributed by atoms with Gasteiger partial charge in [-0.05, 0) is 73.7 Å². The molecule has 0 aliphatic rings. The molecular weight excluding hydrogens is 616 g/mol. The fourth-order valence-electron chi connectivity index (χ4n) is 4.86. The van der Waals surface area contributed by atoms with Gasteiger partial charge >= 0.3 is 18.1 Å². The Labute approximate surface area is 274 Å². The molecule has 0 saturated carbocycles. The van der Waals surface area contributed by atoms with Gasteiger partial charge in [-0.2, -0.15) is 13.2 Å². The van der Waals surface area contributed by atoms with Gasteiger partial charge in [0.05, 0.1) is 17.7 Å². The van der Waals surface area contributed by atoms with Crippen LogP contribution in [0, 0.1) is 5.82 Å². The maximum absolute atomic E-state index is 14.7. The van der Waals surface area contributed by atoms with Gasteiger partial charge in [-0.1, -0.05) is 76.1 Å². The van der Waals surface area contributed by atoms with Crippen molar-refractivity contribution in [2.75, 3.05) is 19.8 Å². The third-order valence-corrected chi connectivity index (χ3v) is 7.52. The zero-order chi connectivity index (χ0) is 34.1. The molecular formula is C37H44F4O6. The fourth-order valence-corrected chi connectivity index (χ4v) is 4.86. The van der Waals surface area contributed by atoms with Gasteiger partial charge in [-0.15, -0.1) is 0 Å². The first-order valence-corrected chi connectivity index (χ1v) is 16.3. The van der Waals surface area contributed by atoms with Gasteiger partial charge in [-0.25, -0.2) is 14.0 Å². The maximum Gasteiger partial charge on any atom is 0.425 e. The van der Waals surface area contributed by atoms with E-state index in [0.717, 1.165) is 47.9 Å². The number of esters is 2. The van der Waals surface area contributed by atoms with E-state index in [4.69, 9.17) is 14.2 Å². The smallest absolute Gasteiger partial charge is 0.425 e. The molecule has 256 valence electrons. The van der Waals surface area contributed by atoms with Crippen LogP contribution in [0.2, 0.25) is 0 Å². The van der Waals surface area contributed by atoms with Gasteiger partial charge in [0, 0.05) is 19.3 Å². The van der Waals surface area contributed by atoms with Gasteiger partial charge in [-0.3, -0.25) is 0 Å². The van der Waals surface area contributed by atoms with E-state index in [1.165, 1.54) is 38.5 Å². The summed E-state index contributed by atoms with van der Waals surface area (Å²) in [5.74, 6) is -2.86. The lowest BCUT2D eigenvalue weighted by Gasteiger charge is -2.21. The maximum atomic E-state index is 14.7. The van der Waals surface area contributed by atoms with Crippen LogP contribution in [0.5, 0.6) is 11.5 Å². The Morgan fingerprint density at radius 1 is 0.702 bits per heavy atom. The molecule has 0 N–H and O–H groups in total. The van der Waals surface area contributed by atoms with E-state index in [-0.39, 0.29) is 24.3 Å². The van der Waals surface area contributed by atoms with Gasteiger partial charge in [0.25, 0.3) is 0 Å². The second kappa shape index (κ2) is 19.7. The number of rotatable bonds is 20. The molecule has 0 saturated heterocycles. The SMILES string of the molecule is CCCCCCCCCCOc1ccc(-c2ccc(C(=O)Oc3ccc(C(=O)OC(CCCOCC)C(F)(F)F)c(F)c3)cc2)cc1. The lowest BCUT2D eigenvalue weighted by atomic mass is 10.0. The highest BCUT2D eigenvalue weighted by Gasteiger charge is 2.42. The zero-order valence-electron chi connectivity index (χ0n) is 27.1. The van der Waals surface area contributed by atoms with Crippen molar-refractivity contribution in [2.45, 2.75) is 90.3 Å². The van der Waals surface area contributed by atoms with Crippen LogP contribution in [0.25, 0.3) is 11.1 Å². The average molecular weight is 661 g/mol. The lowest BCUT2D eigenvalue weighted by molar-refractivity contribution is -0.206. The Hall–Kier alpha value is -3.92. The molecule has 0 fully saturated rings. The molecule has 3 aromatic carbocycles. The Morgan fingerprint density at radius 3 is 1.89 bits per heavy atom. The summed E-state index contributed by atoms with van der Waals surface area (Å²) in [7, 11) is 0. The molecule has 0 bridgehead atoms. The van der Waals surface area contributed by atoms with E-state index in [1.807, 2.05) is 24.3 Å². The van der Waals surface area contributed by atoms with Gasteiger partial charge in [0.1, 0.15) is 17.3 Å². The molecule has 1 unspecified atom stereocenters. The van der Waals surface area contributed by atoms with Crippen LogP contribution < -0.4 is 9.47 Å². The van der Waals surface area contributed by atoms with E-state index in [2.05, 4.69) is 11.7 Å². The number of hydrogen-bond acceptors (Lipinski definition) is 6. The van der Waals surface area contributed by atoms with E-state index >= 15 is 0 Å². The molecule has 0 heterocycles. The minimum Gasteiger partial charge on any atom is -0.494 e. The number of alkyl halides is 3. The van der Waals surface area contributed by atoms with Gasteiger partial charge < -0.3 is 18.9 Å². The van der Waals surface area contributed by atoms with Crippen molar-refractivity contribution < 1.29 is 46.1 Å². The van der Waals surface area contributed by atoms with Crippen LogP contribution >= 0.6 is 0 Å². The van der Waals surface area contributed by atoms with Gasteiger partial charge in [0.15, 0.2) is 6.10 Å².